The number of halogens is 3. The van der Waals surface area contributed by atoms with Gasteiger partial charge in [-0.15, -0.1) is 0 Å². The Morgan fingerprint density at radius 2 is 1.71 bits per heavy atom. The van der Waals surface area contributed by atoms with E-state index in [9.17, 15) is 0 Å². The van der Waals surface area contributed by atoms with Gasteiger partial charge in [-0.05, 0) is 60.8 Å². The molecule has 0 aromatic heterocycles. The van der Waals surface area contributed by atoms with Crippen LogP contribution >= 0.6 is 34.8 Å². The fourth-order valence-corrected chi connectivity index (χ4v) is 2.80. The van der Waals surface area contributed by atoms with E-state index in [2.05, 4.69) is 18.3 Å². The molecule has 2 aromatic rings. The molecule has 0 fully saturated rings. The Bertz CT molecular complexity index is 625. The minimum Gasteiger partial charge on any atom is -0.306 e. The van der Waals surface area contributed by atoms with E-state index >= 15 is 0 Å². The van der Waals surface area contributed by atoms with Gasteiger partial charge in [-0.2, -0.15) is 0 Å². The zero-order valence-corrected chi connectivity index (χ0v) is 14.4. The maximum atomic E-state index is 6.37. The molecule has 2 aromatic carbocycles. The normalized spacial score (nSPS) is 12.4. The van der Waals surface area contributed by atoms with Crippen LogP contribution in [0.15, 0.2) is 36.4 Å². The summed E-state index contributed by atoms with van der Waals surface area (Å²) in [5, 5.41) is 5.69. The van der Waals surface area contributed by atoms with Crippen LogP contribution in [0.4, 0.5) is 0 Å². The van der Waals surface area contributed by atoms with Gasteiger partial charge in [0, 0.05) is 15.1 Å². The van der Waals surface area contributed by atoms with Crippen molar-refractivity contribution >= 4 is 34.8 Å². The van der Waals surface area contributed by atoms with Crippen LogP contribution in [0.1, 0.15) is 36.1 Å². The van der Waals surface area contributed by atoms with Crippen molar-refractivity contribution in [3.8, 4) is 0 Å². The van der Waals surface area contributed by atoms with Gasteiger partial charge in [0.1, 0.15) is 0 Å². The van der Waals surface area contributed by atoms with Crippen molar-refractivity contribution in [2.24, 2.45) is 0 Å². The molecule has 0 bridgehead atoms. The largest absolute Gasteiger partial charge is 0.306 e. The Kier molecular flexibility index (Phi) is 5.95. The standard InChI is InChI=1S/C17H18Cl3N/c1-3-8-21-17(12-4-6-15(19)11(2)9-12)14-10-13(18)5-7-16(14)20/h4-7,9-10,17,21H,3,8H2,1-2H3. The quantitative estimate of drug-likeness (QED) is 0.698. The highest BCUT2D eigenvalue weighted by Crippen LogP contribution is 2.32. The minimum absolute atomic E-state index is 0.00659. The number of rotatable bonds is 5. The lowest BCUT2D eigenvalue weighted by molar-refractivity contribution is 0.598. The number of benzene rings is 2. The van der Waals surface area contributed by atoms with Crippen molar-refractivity contribution in [3.63, 3.8) is 0 Å². The van der Waals surface area contributed by atoms with E-state index < -0.39 is 0 Å². The van der Waals surface area contributed by atoms with Gasteiger partial charge >= 0.3 is 0 Å². The predicted octanol–water partition coefficient (Wildman–Crippen LogP) is 6.04. The molecule has 1 unspecified atom stereocenters. The molecule has 0 heterocycles. The minimum atomic E-state index is 0.00659. The lowest BCUT2D eigenvalue weighted by Crippen LogP contribution is -2.23. The highest BCUT2D eigenvalue weighted by Gasteiger charge is 2.17. The Morgan fingerprint density at radius 3 is 2.38 bits per heavy atom. The molecule has 0 spiro atoms. The molecule has 112 valence electrons. The third kappa shape index (κ3) is 4.14. The van der Waals surface area contributed by atoms with Gasteiger partial charge in [-0.1, -0.05) is 53.9 Å². The summed E-state index contributed by atoms with van der Waals surface area (Å²) in [5.41, 5.74) is 3.17. The Morgan fingerprint density at radius 1 is 1.00 bits per heavy atom. The number of aryl methyl sites for hydroxylation is 1. The molecule has 0 amide bonds. The van der Waals surface area contributed by atoms with Crippen molar-refractivity contribution in [1.29, 1.82) is 0 Å². The van der Waals surface area contributed by atoms with Gasteiger partial charge in [0.25, 0.3) is 0 Å². The van der Waals surface area contributed by atoms with Gasteiger partial charge in [-0.25, -0.2) is 0 Å². The Balaban J connectivity index is 2.46. The second kappa shape index (κ2) is 7.51. The molecular weight excluding hydrogens is 325 g/mol. The summed E-state index contributed by atoms with van der Waals surface area (Å²) in [7, 11) is 0. The van der Waals surface area contributed by atoms with Crippen molar-refractivity contribution < 1.29 is 0 Å². The van der Waals surface area contributed by atoms with Crippen molar-refractivity contribution in [2.45, 2.75) is 26.3 Å². The molecular formula is C17H18Cl3N. The summed E-state index contributed by atoms with van der Waals surface area (Å²) in [6.45, 7) is 5.04. The Labute approximate surface area is 141 Å². The zero-order chi connectivity index (χ0) is 15.4. The van der Waals surface area contributed by atoms with Crippen LogP contribution in [0.25, 0.3) is 0 Å². The molecule has 0 saturated carbocycles. The van der Waals surface area contributed by atoms with Crippen LogP contribution in [-0.4, -0.2) is 6.54 Å². The summed E-state index contributed by atoms with van der Waals surface area (Å²) in [6, 6.07) is 11.6. The lowest BCUT2D eigenvalue weighted by Gasteiger charge is -2.21. The molecule has 21 heavy (non-hydrogen) atoms. The van der Waals surface area contributed by atoms with Crippen LogP contribution in [0.2, 0.25) is 15.1 Å². The summed E-state index contributed by atoms with van der Waals surface area (Å²) in [4.78, 5) is 0. The fourth-order valence-electron chi connectivity index (χ4n) is 2.28. The monoisotopic (exact) mass is 341 g/mol. The summed E-state index contributed by atoms with van der Waals surface area (Å²) in [6.07, 6.45) is 1.04. The number of nitrogens with one attached hydrogen (secondary N) is 1. The average Bonchev–Trinajstić information content (AvgIpc) is 2.46. The second-order valence-electron chi connectivity index (χ2n) is 5.06. The maximum absolute atomic E-state index is 6.37. The van der Waals surface area contributed by atoms with Gasteiger partial charge in [-0.3, -0.25) is 0 Å². The molecule has 0 saturated heterocycles. The molecule has 2 rings (SSSR count). The van der Waals surface area contributed by atoms with Crippen LogP contribution in [0.5, 0.6) is 0 Å². The molecule has 1 nitrogen and oxygen atoms in total. The van der Waals surface area contributed by atoms with E-state index in [0.717, 1.165) is 34.7 Å². The summed E-state index contributed by atoms with van der Waals surface area (Å²) < 4.78 is 0. The first kappa shape index (κ1) is 16.6. The molecule has 0 aliphatic rings. The second-order valence-corrected chi connectivity index (χ2v) is 6.31. The highest BCUT2D eigenvalue weighted by atomic mass is 35.5. The van der Waals surface area contributed by atoms with Crippen molar-refractivity contribution in [3.05, 3.63) is 68.2 Å². The molecule has 0 aliphatic heterocycles. The topological polar surface area (TPSA) is 12.0 Å². The van der Waals surface area contributed by atoms with E-state index in [0.29, 0.717) is 10.0 Å². The van der Waals surface area contributed by atoms with E-state index in [1.165, 1.54) is 0 Å². The van der Waals surface area contributed by atoms with Crippen molar-refractivity contribution in [2.75, 3.05) is 6.54 Å². The SMILES string of the molecule is CCCNC(c1ccc(Cl)c(C)c1)c1cc(Cl)ccc1Cl. The summed E-state index contributed by atoms with van der Waals surface area (Å²) in [5.74, 6) is 0. The summed E-state index contributed by atoms with van der Waals surface area (Å²) >= 11 is 18.6. The third-order valence-corrected chi connectivity index (χ3v) is 4.39. The fraction of sp³-hybridized carbons (Fsp3) is 0.294. The zero-order valence-electron chi connectivity index (χ0n) is 12.1. The van der Waals surface area contributed by atoms with Gasteiger partial charge in [0.15, 0.2) is 0 Å². The Hall–Kier alpha value is -0.730. The first-order chi connectivity index (χ1) is 10.0. The molecule has 1 N–H and O–H groups in total. The first-order valence-corrected chi connectivity index (χ1v) is 8.10. The smallest absolute Gasteiger partial charge is 0.0592 e. The molecule has 4 heteroatoms. The van der Waals surface area contributed by atoms with Crippen LogP contribution in [0, 0.1) is 6.92 Å². The van der Waals surface area contributed by atoms with Crippen LogP contribution in [0.3, 0.4) is 0 Å². The van der Waals surface area contributed by atoms with Crippen LogP contribution in [-0.2, 0) is 0 Å². The molecule has 0 aliphatic carbocycles. The third-order valence-electron chi connectivity index (χ3n) is 3.38. The highest BCUT2D eigenvalue weighted by molar-refractivity contribution is 6.33. The van der Waals surface area contributed by atoms with Gasteiger partial charge in [0.2, 0.25) is 0 Å². The van der Waals surface area contributed by atoms with E-state index in [4.69, 9.17) is 34.8 Å². The number of hydrogen-bond donors (Lipinski definition) is 1. The van der Waals surface area contributed by atoms with Crippen LogP contribution < -0.4 is 5.32 Å². The van der Waals surface area contributed by atoms with E-state index in [1.54, 1.807) is 6.07 Å². The van der Waals surface area contributed by atoms with E-state index in [1.807, 2.05) is 31.2 Å². The van der Waals surface area contributed by atoms with Gasteiger partial charge in [0.05, 0.1) is 6.04 Å². The number of hydrogen-bond acceptors (Lipinski definition) is 1. The first-order valence-electron chi connectivity index (χ1n) is 6.97. The average molecular weight is 343 g/mol. The van der Waals surface area contributed by atoms with Crippen molar-refractivity contribution in [1.82, 2.24) is 5.32 Å². The predicted molar refractivity (Wildman–Crippen MR) is 92.8 cm³/mol. The van der Waals surface area contributed by atoms with Gasteiger partial charge < -0.3 is 5.32 Å². The molecule has 1 atom stereocenters. The van der Waals surface area contributed by atoms with E-state index in [-0.39, 0.29) is 6.04 Å². The lowest BCUT2D eigenvalue weighted by atomic mass is 9.97. The maximum Gasteiger partial charge on any atom is 0.0592 e. The molecule has 0 radical (unpaired) electrons.